The number of hydrogen-bond donors (Lipinski definition) is 2. The van der Waals surface area contributed by atoms with Crippen LogP contribution in [0.15, 0.2) is 53.6 Å². The molecule has 5 aromatic heterocycles. The summed E-state index contributed by atoms with van der Waals surface area (Å²) in [6.07, 6.45) is 4.18. The van der Waals surface area contributed by atoms with Crippen LogP contribution in [0.3, 0.4) is 0 Å². The number of pyridine rings is 1. The zero-order valence-corrected chi connectivity index (χ0v) is 17.4. The van der Waals surface area contributed by atoms with Gasteiger partial charge < -0.3 is 4.98 Å². The van der Waals surface area contributed by atoms with Gasteiger partial charge in [-0.15, -0.1) is 11.3 Å². The van der Waals surface area contributed by atoms with Gasteiger partial charge in [0.05, 0.1) is 29.2 Å². The Hall–Kier alpha value is -3.85. The number of rotatable bonds is 4. The summed E-state index contributed by atoms with van der Waals surface area (Å²) >= 11 is 1.57. The Kier molecular flexibility index (Phi) is 3.97. The number of benzene rings is 1. The van der Waals surface area contributed by atoms with Crippen molar-refractivity contribution in [1.82, 2.24) is 34.9 Å². The first-order chi connectivity index (χ1) is 15.2. The molecule has 0 saturated carbocycles. The highest BCUT2D eigenvalue weighted by molar-refractivity contribution is 7.19. The molecule has 5 heterocycles. The fourth-order valence-corrected chi connectivity index (χ4v) is 4.95. The number of H-pyrrole nitrogens is 2. The van der Waals surface area contributed by atoms with E-state index in [1.807, 2.05) is 43.3 Å². The minimum absolute atomic E-state index is 0.162. The maximum absolute atomic E-state index is 13.1. The van der Waals surface area contributed by atoms with Crippen molar-refractivity contribution >= 4 is 43.5 Å². The summed E-state index contributed by atoms with van der Waals surface area (Å²) in [6, 6.07) is 11.9. The molecule has 8 nitrogen and oxygen atoms in total. The first-order valence-corrected chi connectivity index (χ1v) is 10.7. The number of hydrogen-bond acceptors (Lipinski definition) is 6. The fourth-order valence-electron chi connectivity index (χ4n) is 3.90. The molecule has 0 bridgehead atoms. The molecule has 152 valence electrons. The lowest BCUT2D eigenvalue weighted by atomic mass is 10.1. The van der Waals surface area contributed by atoms with Crippen LogP contribution in [0.5, 0.6) is 0 Å². The first kappa shape index (κ1) is 18.0. The smallest absolute Gasteiger partial charge is 0.291 e. The third-order valence-corrected chi connectivity index (χ3v) is 6.47. The van der Waals surface area contributed by atoms with E-state index in [4.69, 9.17) is 4.98 Å². The average Bonchev–Trinajstić information content (AvgIpc) is 3.45. The Bertz CT molecular complexity index is 1640. The van der Waals surface area contributed by atoms with E-state index >= 15 is 0 Å². The van der Waals surface area contributed by atoms with Gasteiger partial charge in [-0.05, 0) is 30.7 Å². The molecular formula is C22H17N7OS. The summed E-state index contributed by atoms with van der Waals surface area (Å²) < 4.78 is 2.42. The first-order valence-electron chi connectivity index (χ1n) is 9.86. The van der Waals surface area contributed by atoms with Gasteiger partial charge in [0, 0.05) is 28.6 Å². The second-order valence-corrected chi connectivity index (χ2v) is 8.59. The van der Waals surface area contributed by atoms with Crippen molar-refractivity contribution in [3.8, 4) is 0 Å². The normalized spacial score (nSPS) is 11.8. The highest BCUT2D eigenvalue weighted by Gasteiger charge is 2.16. The molecule has 0 aliphatic carbocycles. The molecule has 0 aliphatic heterocycles. The zero-order chi connectivity index (χ0) is 20.9. The van der Waals surface area contributed by atoms with Gasteiger partial charge in [-0.3, -0.25) is 14.9 Å². The van der Waals surface area contributed by atoms with Crippen molar-refractivity contribution in [2.24, 2.45) is 0 Å². The maximum Gasteiger partial charge on any atom is 0.291 e. The summed E-state index contributed by atoms with van der Waals surface area (Å²) in [5.41, 5.74) is 4.98. The van der Waals surface area contributed by atoms with Crippen LogP contribution in [0.25, 0.3) is 32.2 Å². The monoisotopic (exact) mass is 427 g/mol. The predicted molar refractivity (Wildman–Crippen MR) is 121 cm³/mol. The minimum atomic E-state index is -0.162. The lowest BCUT2D eigenvalue weighted by Gasteiger charge is -2.05. The lowest BCUT2D eigenvalue weighted by molar-refractivity contribution is 0.649. The van der Waals surface area contributed by atoms with Crippen molar-refractivity contribution in [1.29, 1.82) is 0 Å². The molecule has 6 aromatic rings. The van der Waals surface area contributed by atoms with Gasteiger partial charge in [-0.25, -0.2) is 9.67 Å². The van der Waals surface area contributed by atoms with Crippen LogP contribution in [-0.2, 0) is 13.0 Å². The summed E-state index contributed by atoms with van der Waals surface area (Å²) in [5.74, 6) is 0. The van der Waals surface area contributed by atoms with E-state index in [1.165, 1.54) is 4.68 Å². The van der Waals surface area contributed by atoms with Gasteiger partial charge >= 0.3 is 0 Å². The van der Waals surface area contributed by atoms with Crippen LogP contribution in [0.4, 0.5) is 0 Å². The molecule has 6 rings (SSSR count). The molecule has 1 aromatic carbocycles. The molecule has 0 atom stereocenters. The number of fused-ring (bicyclic) bond motifs is 4. The van der Waals surface area contributed by atoms with Gasteiger partial charge in [-0.2, -0.15) is 10.2 Å². The quantitative estimate of drug-likeness (QED) is 0.448. The number of thiazole rings is 1. The van der Waals surface area contributed by atoms with Crippen molar-refractivity contribution in [2.45, 2.75) is 19.9 Å². The number of aryl methyl sites for hydroxylation is 1. The fraction of sp³-hybridized carbons (Fsp3) is 0.136. The number of aromatic nitrogens is 7. The third-order valence-electron chi connectivity index (χ3n) is 5.38. The number of nitrogens with one attached hydrogen (secondary N) is 2. The third kappa shape index (κ3) is 3.01. The Labute approximate surface area is 179 Å². The standard InChI is InChI=1S/C22H17N7OS/c1-12-4-2-6-14(25-12)8-18-26-21-20(31-18)16-10-24-29(22(30)19(16)27-21)11-13-5-3-7-17-15(13)9-23-28-17/h2-7,9-10,27H,8,11H2,1H3,(H,23,28). The van der Waals surface area contributed by atoms with Crippen molar-refractivity contribution < 1.29 is 0 Å². The second-order valence-electron chi connectivity index (χ2n) is 7.50. The van der Waals surface area contributed by atoms with Gasteiger partial charge in [0.25, 0.3) is 5.56 Å². The molecule has 0 radical (unpaired) electrons. The van der Waals surface area contributed by atoms with E-state index in [1.54, 1.807) is 23.7 Å². The van der Waals surface area contributed by atoms with E-state index in [9.17, 15) is 4.79 Å². The van der Waals surface area contributed by atoms with Crippen LogP contribution >= 0.6 is 11.3 Å². The van der Waals surface area contributed by atoms with Gasteiger partial charge in [0.1, 0.15) is 16.2 Å². The number of nitrogens with zero attached hydrogens (tertiary/aromatic N) is 5. The highest BCUT2D eigenvalue weighted by atomic mass is 32.1. The summed E-state index contributed by atoms with van der Waals surface area (Å²) in [5, 5.41) is 14.2. The van der Waals surface area contributed by atoms with Crippen molar-refractivity contribution in [2.75, 3.05) is 0 Å². The van der Waals surface area contributed by atoms with Crippen LogP contribution in [0, 0.1) is 6.92 Å². The van der Waals surface area contributed by atoms with E-state index in [0.29, 0.717) is 18.5 Å². The second kappa shape index (κ2) is 6.85. The average molecular weight is 427 g/mol. The Morgan fingerprint density at radius 1 is 1.06 bits per heavy atom. The largest absolute Gasteiger partial charge is 0.334 e. The van der Waals surface area contributed by atoms with E-state index in [2.05, 4.69) is 25.3 Å². The van der Waals surface area contributed by atoms with E-state index in [0.717, 1.165) is 48.6 Å². The molecule has 0 amide bonds. The van der Waals surface area contributed by atoms with Gasteiger partial charge in [-0.1, -0.05) is 18.2 Å². The Morgan fingerprint density at radius 2 is 1.97 bits per heavy atom. The van der Waals surface area contributed by atoms with Crippen LogP contribution in [-0.4, -0.2) is 34.9 Å². The molecular weight excluding hydrogens is 410 g/mol. The van der Waals surface area contributed by atoms with Crippen LogP contribution in [0.2, 0.25) is 0 Å². The lowest BCUT2D eigenvalue weighted by Crippen LogP contribution is -2.23. The summed E-state index contributed by atoms with van der Waals surface area (Å²) in [4.78, 5) is 25.6. The molecule has 0 unspecified atom stereocenters. The minimum Gasteiger partial charge on any atom is -0.334 e. The molecule has 9 heteroatoms. The zero-order valence-electron chi connectivity index (χ0n) is 16.6. The molecule has 2 N–H and O–H groups in total. The van der Waals surface area contributed by atoms with Crippen molar-refractivity contribution in [3.63, 3.8) is 0 Å². The molecule has 31 heavy (non-hydrogen) atoms. The Morgan fingerprint density at radius 3 is 2.87 bits per heavy atom. The van der Waals surface area contributed by atoms with E-state index < -0.39 is 0 Å². The SMILES string of the molecule is Cc1cccc(Cc2nc3[nH]c4c(=O)n(Cc5cccc6[nH]ncc56)ncc4c3s2)n1. The summed E-state index contributed by atoms with van der Waals surface area (Å²) in [6.45, 7) is 2.35. The van der Waals surface area contributed by atoms with E-state index in [-0.39, 0.29) is 5.56 Å². The van der Waals surface area contributed by atoms with Gasteiger partial charge in [0.2, 0.25) is 0 Å². The van der Waals surface area contributed by atoms with Crippen LogP contribution in [0.1, 0.15) is 22.0 Å². The topological polar surface area (TPSA) is 105 Å². The summed E-state index contributed by atoms with van der Waals surface area (Å²) in [7, 11) is 0. The maximum atomic E-state index is 13.1. The van der Waals surface area contributed by atoms with Crippen LogP contribution < -0.4 is 5.56 Å². The van der Waals surface area contributed by atoms with Crippen molar-refractivity contribution in [3.05, 3.63) is 81.1 Å². The number of aromatic amines is 2. The highest BCUT2D eigenvalue weighted by Crippen LogP contribution is 2.29. The predicted octanol–water partition coefficient (Wildman–Crippen LogP) is 3.55. The molecule has 0 aliphatic rings. The molecule has 0 fully saturated rings. The molecule has 0 saturated heterocycles. The van der Waals surface area contributed by atoms with Gasteiger partial charge in [0.15, 0.2) is 0 Å². The molecule has 0 spiro atoms. The Balaban J connectivity index is 1.38.